The van der Waals surface area contributed by atoms with Gasteiger partial charge in [0.1, 0.15) is 5.56 Å². The van der Waals surface area contributed by atoms with Crippen LogP contribution in [0.1, 0.15) is 20.7 Å². The lowest BCUT2D eigenvalue weighted by Crippen LogP contribution is -2.50. The van der Waals surface area contributed by atoms with Crippen molar-refractivity contribution in [3.63, 3.8) is 0 Å². The maximum atomic E-state index is 12.7. The van der Waals surface area contributed by atoms with Gasteiger partial charge < -0.3 is 15.0 Å². The Morgan fingerprint density at radius 3 is 2.77 bits per heavy atom. The first-order valence-electron chi connectivity index (χ1n) is 8.50. The Kier molecular flexibility index (Phi) is 6.19. The monoisotopic (exact) mass is 374 g/mol. The molecule has 26 heavy (non-hydrogen) atoms. The van der Waals surface area contributed by atoms with E-state index in [0.29, 0.717) is 36.6 Å². The van der Waals surface area contributed by atoms with Crippen LogP contribution in [-0.4, -0.2) is 73.0 Å². The molecule has 2 amide bonds. The molecule has 1 N–H and O–H groups in total. The van der Waals surface area contributed by atoms with E-state index in [0.717, 1.165) is 19.6 Å². The Hall–Kier alpha value is -2.45. The fourth-order valence-electron chi connectivity index (χ4n) is 2.88. The highest BCUT2D eigenvalue weighted by atomic mass is 32.1. The maximum absolute atomic E-state index is 12.7. The molecule has 8 heteroatoms. The lowest BCUT2D eigenvalue weighted by molar-refractivity contribution is 0.0634. The number of hydrogen-bond donors (Lipinski definition) is 1. The number of thiophene rings is 1. The number of pyridine rings is 1. The number of ether oxygens (including phenoxy) is 1. The van der Waals surface area contributed by atoms with Crippen molar-refractivity contribution < 1.29 is 14.3 Å². The van der Waals surface area contributed by atoms with E-state index in [1.54, 1.807) is 18.3 Å². The molecule has 0 atom stereocenters. The first-order valence-corrected chi connectivity index (χ1v) is 9.44. The number of nitrogens with one attached hydrogen (secondary N) is 1. The number of hydrogen-bond acceptors (Lipinski definition) is 6. The van der Waals surface area contributed by atoms with E-state index < -0.39 is 0 Å². The number of carbonyl (C=O) groups excluding carboxylic acids is 2. The third-order valence-corrected chi connectivity index (χ3v) is 5.03. The van der Waals surface area contributed by atoms with E-state index in [1.165, 1.54) is 18.4 Å². The number of nitrogens with zero attached hydrogens (tertiary/aromatic N) is 3. The number of amides is 2. The van der Waals surface area contributed by atoms with Crippen molar-refractivity contribution in [3.8, 4) is 5.88 Å². The lowest BCUT2D eigenvalue weighted by atomic mass is 10.2. The molecule has 138 valence electrons. The van der Waals surface area contributed by atoms with E-state index in [4.69, 9.17) is 4.74 Å². The van der Waals surface area contributed by atoms with Crippen LogP contribution in [0.4, 0.5) is 0 Å². The van der Waals surface area contributed by atoms with Crippen molar-refractivity contribution in [2.45, 2.75) is 0 Å². The van der Waals surface area contributed by atoms with Crippen LogP contribution in [0.5, 0.6) is 5.88 Å². The van der Waals surface area contributed by atoms with E-state index in [-0.39, 0.29) is 11.8 Å². The van der Waals surface area contributed by atoms with Crippen molar-refractivity contribution in [1.82, 2.24) is 20.1 Å². The molecule has 1 aliphatic rings. The van der Waals surface area contributed by atoms with E-state index in [2.05, 4.69) is 15.2 Å². The summed E-state index contributed by atoms with van der Waals surface area (Å²) in [5, 5.41) is 6.66. The first-order chi connectivity index (χ1) is 12.7. The van der Waals surface area contributed by atoms with Gasteiger partial charge in [0.15, 0.2) is 0 Å². The number of methoxy groups -OCH3 is 1. The number of piperazine rings is 1. The number of aromatic nitrogens is 1. The fraction of sp³-hybridized carbons (Fsp3) is 0.389. The van der Waals surface area contributed by atoms with Crippen molar-refractivity contribution in [1.29, 1.82) is 0 Å². The second kappa shape index (κ2) is 8.77. The molecular weight excluding hydrogens is 352 g/mol. The van der Waals surface area contributed by atoms with Crippen molar-refractivity contribution in [3.05, 3.63) is 46.3 Å². The molecule has 0 aromatic carbocycles. The maximum Gasteiger partial charge on any atom is 0.259 e. The third kappa shape index (κ3) is 4.39. The summed E-state index contributed by atoms with van der Waals surface area (Å²) in [5.41, 5.74) is 1.20. The minimum atomic E-state index is -0.0552. The highest BCUT2D eigenvalue weighted by Gasteiger charge is 2.24. The van der Waals surface area contributed by atoms with Crippen LogP contribution in [0.25, 0.3) is 0 Å². The summed E-state index contributed by atoms with van der Waals surface area (Å²) in [7, 11) is 1.52. The van der Waals surface area contributed by atoms with Crippen molar-refractivity contribution in [2.75, 3.05) is 46.4 Å². The van der Waals surface area contributed by atoms with Gasteiger partial charge in [0.05, 0.1) is 7.11 Å². The van der Waals surface area contributed by atoms with Gasteiger partial charge in [-0.1, -0.05) is 0 Å². The molecule has 0 spiro atoms. The van der Waals surface area contributed by atoms with Gasteiger partial charge in [-0.2, -0.15) is 11.3 Å². The predicted molar refractivity (Wildman–Crippen MR) is 99.8 cm³/mol. The normalized spacial score (nSPS) is 14.9. The van der Waals surface area contributed by atoms with Crippen LogP contribution < -0.4 is 10.1 Å². The van der Waals surface area contributed by atoms with Crippen LogP contribution in [0.2, 0.25) is 0 Å². The second-order valence-corrected chi connectivity index (χ2v) is 6.74. The molecule has 2 aromatic heterocycles. The largest absolute Gasteiger partial charge is 0.480 e. The molecule has 3 rings (SSSR count). The minimum Gasteiger partial charge on any atom is -0.480 e. The van der Waals surface area contributed by atoms with Crippen LogP contribution >= 0.6 is 11.3 Å². The highest BCUT2D eigenvalue weighted by Crippen LogP contribution is 2.17. The second-order valence-electron chi connectivity index (χ2n) is 5.96. The molecule has 7 nitrogen and oxygen atoms in total. The molecule has 1 fully saturated rings. The van der Waals surface area contributed by atoms with Gasteiger partial charge in [-0.15, -0.1) is 0 Å². The average Bonchev–Trinajstić information content (AvgIpc) is 3.23. The van der Waals surface area contributed by atoms with Crippen molar-refractivity contribution >= 4 is 23.2 Å². The molecule has 0 bridgehead atoms. The van der Waals surface area contributed by atoms with E-state index in [1.807, 2.05) is 21.7 Å². The molecule has 0 unspecified atom stereocenters. The Balaban J connectivity index is 1.44. The number of rotatable bonds is 6. The summed E-state index contributed by atoms with van der Waals surface area (Å²) >= 11 is 1.51. The zero-order valence-electron chi connectivity index (χ0n) is 14.7. The molecule has 0 saturated carbocycles. The lowest BCUT2D eigenvalue weighted by Gasteiger charge is -2.34. The van der Waals surface area contributed by atoms with Gasteiger partial charge in [-0.3, -0.25) is 14.5 Å². The van der Waals surface area contributed by atoms with Gasteiger partial charge in [0.2, 0.25) is 5.88 Å². The molecule has 2 aromatic rings. The van der Waals surface area contributed by atoms with Gasteiger partial charge in [0, 0.05) is 56.4 Å². The highest BCUT2D eigenvalue weighted by molar-refractivity contribution is 7.08. The van der Waals surface area contributed by atoms with Gasteiger partial charge in [0.25, 0.3) is 11.8 Å². The van der Waals surface area contributed by atoms with Crippen LogP contribution in [0.3, 0.4) is 0 Å². The van der Waals surface area contributed by atoms with Gasteiger partial charge in [-0.25, -0.2) is 4.98 Å². The summed E-state index contributed by atoms with van der Waals surface area (Å²) in [6.07, 6.45) is 1.61. The zero-order chi connectivity index (χ0) is 18.4. The Bertz CT molecular complexity index is 743. The summed E-state index contributed by atoms with van der Waals surface area (Å²) in [6, 6.07) is 5.29. The zero-order valence-corrected chi connectivity index (χ0v) is 15.5. The van der Waals surface area contributed by atoms with Crippen LogP contribution in [0.15, 0.2) is 35.2 Å². The Morgan fingerprint density at radius 1 is 1.27 bits per heavy atom. The molecule has 1 saturated heterocycles. The van der Waals surface area contributed by atoms with E-state index in [9.17, 15) is 9.59 Å². The quantitative estimate of drug-likeness (QED) is 0.826. The Labute approximate surface area is 156 Å². The summed E-state index contributed by atoms with van der Waals surface area (Å²) in [4.78, 5) is 32.7. The molecular formula is C18H22N4O3S. The molecule has 0 aliphatic carbocycles. The standard InChI is InChI=1S/C18H22N4O3S/c1-25-17-15(3-2-5-20-17)18(24)22-10-8-21(9-11-22)7-6-19-16(23)14-4-12-26-13-14/h2-5,12-13H,6-11H2,1H3,(H,19,23). The smallest absolute Gasteiger partial charge is 0.259 e. The topological polar surface area (TPSA) is 74.8 Å². The SMILES string of the molecule is COc1ncccc1C(=O)N1CCN(CCNC(=O)c2ccsc2)CC1. The molecule has 1 aliphatic heterocycles. The summed E-state index contributed by atoms with van der Waals surface area (Å²) in [5.74, 6) is 0.264. The third-order valence-electron chi connectivity index (χ3n) is 4.35. The molecule has 0 radical (unpaired) electrons. The summed E-state index contributed by atoms with van der Waals surface area (Å²) < 4.78 is 5.18. The van der Waals surface area contributed by atoms with E-state index >= 15 is 0 Å². The summed E-state index contributed by atoms with van der Waals surface area (Å²) in [6.45, 7) is 4.23. The van der Waals surface area contributed by atoms with Crippen molar-refractivity contribution in [2.24, 2.45) is 0 Å². The predicted octanol–water partition coefficient (Wildman–Crippen LogP) is 1.34. The Morgan fingerprint density at radius 2 is 2.08 bits per heavy atom. The minimum absolute atomic E-state index is 0.0382. The van der Waals surface area contributed by atoms with Crippen LogP contribution in [-0.2, 0) is 0 Å². The first kappa shape index (κ1) is 18.3. The van der Waals surface area contributed by atoms with Gasteiger partial charge in [-0.05, 0) is 23.6 Å². The average molecular weight is 374 g/mol. The van der Waals surface area contributed by atoms with Gasteiger partial charge >= 0.3 is 0 Å². The number of carbonyl (C=O) groups is 2. The fourth-order valence-corrected chi connectivity index (χ4v) is 3.52. The van der Waals surface area contributed by atoms with Crippen LogP contribution in [0, 0.1) is 0 Å². The molecule has 3 heterocycles.